The van der Waals surface area contributed by atoms with Gasteiger partial charge in [-0.25, -0.2) is 0 Å². The lowest BCUT2D eigenvalue weighted by Gasteiger charge is -2.34. The Hall–Kier alpha value is -1.26. The van der Waals surface area contributed by atoms with Crippen LogP contribution in [0.15, 0.2) is 18.2 Å². The molecule has 1 unspecified atom stereocenters. The Bertz CT molecular complexity index is 413. The standard InChI is InChI=1S/C13H17NO3/c14-13(4-1-5-15-9-13)10-2-3-11-12(8-10)17-7-6-16-11/h2-3,8H,1,4-7,9,14H2. The van der Waals surface area contributed by atoms with Crippen LogP contribution in [0.4, 0.5) is 0 Å². The van der Waals surface area contributed by atoms with Crippen molar-refractivity contribution in [2.75, 3.05) is 26.4 Å². The van der Waals surface area contributed by atoms with Crippen molar-refractivity contribution in [1.29, 1.82) is 0 Å². The Morgan fingerprint density at radius 3 is 2.65 bits per heavy atom. The van der Waals surface area contributed by atoms with Gasteiger partial charge in [-0.3, -0.25) is 0 Å². The lowest BCUT2D eigenvalue weighted by Crippen LogP contribution is -2.44. The van der Waals surface area contributed by atoms with Gasteiger partial charge in [0.25, 0.3) is 0 Å². The molecular weight excluding hydrogens is 218 g/mol. The molecule has 0 spiro atoms. The van der Waals surface area contributed by atoms with Crippen molar-refractivity contribution in [3.63, 3.8) is 0 Å². The summed E-state index contributed by atoms with van der Waals surface area (Å²) >= 11 is 0. The lowest BCUT2D eigenvalue weighted by molar-refractivity contribution is 0.0364. The fourth-order valence-corrected chi connectivity index (χ4v) is 2.40. The largest absolute Gasteiger partial charge is 0.486 e. The van der Waals surface area contributed by atoms with E-state index in [-0.39, 0.29) is 5.54 Å². The van der Waals surface area contributed by atoms with Gasteiger partial charge in [0.2, 0.25) is 0 Å². The van der Waals surface area contributed by atoms with Crippen molar-refractivity contribution in [3.8, 4) is 11.5 Å². The normalized spacial score (nSPS) is 27.8. The minimum atomic E-state index is -0.381. The van der Waals surface area contributed by atoms with E-state index < -0.39 is 0 Å². The Kier molecular flexibility index (Phi) is 2.68. The van der Waals surface area contributed by atoms with Crippen LogP contribution in [-0.4, -0.2) is 26.4 Å². The first-order valence-electron chi connectivity index (χ1n) is 6.05. The van der Waals surface area contributed by atoms with E-state index in [0.29, 0.717) is 19.8 Å². The number of benzene rings is 1. The van der Waals surface area contributed by atoms with E-state index in [0.717, 1.165) is 36.5 Å². The van der Waals surface area contributed by atoms with Gasteiger partial charge in [0, 0.05) is 6.61 Å². The molecule has 2 N–H and O–H groups in total. The smallest absolute Gasteiger partial charge is 0.161 e. The molecule has 1 aromatic carbocycles. The molecular formula is C13H17NO3. The molecule has 0 saturated carbocycles. The topological polar surface area (TPSA) is 53.7 Å². The Labute approximate surface area is 101 Å². The van der Waals surface area contributed by atoms with Gasteiger partial charge < -0.3 is 19.9 Å². The van der Waals surface area contributed by atoms with Crippen LogP contribution >= 0.6 is 0 Å². The predicted molar refractivity (Wildman–Crippen MR) is 63.4 cm³/mol. The molecule has 1 fully saturated rings. The zero-order valence-electron chi connectivity index (χ0n) is 9.78. The zero-order chi connectivity index (χ0) is 11.7. The summed E-state index contributed by atoms with van der Waals surface area (Å²) < 4.78 is 16.6. The fourth-order valence-electron chi connectivity index (χ4n) is 2.40. The highest BCUT2D eigenvalue weighted by molar-refractivity contribution is 5.45. The average molecular weight is 235 g/mol. The molecule has 0 aromatic heterocycles. The van der Waals surface area contributed by atoms with Crippen molar-refractivity contribution < 1.29 is 14.2 Å². The van der Waals surface area contributed by atoms with Crippen LogP contribution in [0, 0.1) is 0 Å². The van der Waals surface area contributed by atoms with Gasteiger partial charge in [-0.2, -0.15) is 0 Å². The van der Waals surface area contributed by atoms with E-state index in [1.54, 1.807) is 0 Å². The summed E-state index contributed by atoms with van der Waals surface area (Å²) in [6, 6.07) is 5.94. The number of ether oxygens (including phenoxy) is 3. The zero-order valence-corrected chi connectivity index (χ0v) is 9.78. The van der Waals surface area contributed by atoms with Crippen LogP contribution in [0.2, 0.25) is 0 Å². The average Bonchev–Trinajstić information content (AvgIpc) is 2.39. The molecule has 4 nitrogen and oxygen atoms in total. The van der Waals surface area contributed by atoms with Gasteiger partial charge in [0.1, 0.15) is 13.2 Å². The van der Waals surface area contributed by atoms with E-state index in [1.165, 1.54) is 0 Å². The minimum absolute atomic E-state index is 0.381. The van der Waals surface area contributed by atoms with Crippen LogP contribution < -0.4 is 15.2 Å². The first-order chi connectivity index (χ1) is 8.28. The molecule has 0 aliphatic carbocycles. The predicted octanol–water partition coefficient (Wildman–Crippen LogP) is 1.42. The molecule has 0 radical (unpaired) electrons. The maximum Gasteiger partial charge on any atom is 0.161 e. The highest BCUT2D eigenvalue weighted by atomic mass is 16.6. The third-order valence-corrected chi connectivity index (χ3v) is 3.39. The number of hydrogen-bond acceptors (Lipinski definition) is 4. The van der Waals surface area contributed by atoms with E-state index in [9.17, 15) is 0 Å². The molecule has 2 heterocycles. The molecule has 1 saturated heterocycles. The lowest BCUT2D eigenvalue weighted by atomic mass is 9.85. The second-order valence-corrected chi connectivity index (χ2v) is 4.67. The van der Waals surface area contributed by atoms with E-state index in [1.807, 2.05) is 18.2 Å². The molecule has 0 amide bonds. The first kappa shape index (κ1) is 10.9. The summed E-state index contributed by atoms with van der Waals surface area (Å²) in [6.07, 6.45) is 1.96. The third kappa shape index (κ3) is 1.98. The summed E-state index contributed by atoms with van der Waals surface area (Å²) in [4.78, 5) is 0. The van der Waals surface area contributed by atoms with Crippen LogP contribution in [-0.2, 0) is 10.3 Å². The summed E-state index contributed by atoms with van der Waals surface area (Å²) in [5.41, 5.74) is 7.08. The number of fused-ring (bicyclic) bond motifs is 1. The summed E-state index contributed by atoms with van der Waals surface area (Å²) in [6.45, 7) is 2.60. The molecule has 2 aliphatic rings. The van der Waals surface area contributed by atoms with Crippen LogP contribution in [0.25, 0.3) is 0 Å². The van der Waals surface area contributed by atoms with Gasteiger partial charge in [-0.15, -0.1) is 0 Å². The van der Waals surface area contributed by atoms with Crippen molar-refractivity contribution in [3.05, 3.63) is 23.8 Å². The van der Waals surface area contributed by atoms with Crippen molar-refractivity contribution in [2.45, 2.75) is 18.4 Å². The second-order valence-electron chi connectivity index (χ2n) is 4.67. The van der Waals surface area contributed by atoms with Crippen LogP contribution in [0.5, 0.6) is 11.5 Å². The van der Waals surface area contributed by atoms with Crippen molar-refractivity contribution in [2.24, 2.45) is 5.73 Å². The van der Waals surface area contributed by atoms with Crippen LogP contribution in [0.1, 0.15) is 18.4 Å². The van der Waals surface area contributed by atoms with Crippen molar-refractivity contribution in [1.82, 2.24) is 0 Å². The van der Waals surface area contributed by atoms with Gasteiger partial charge in [0.05, 0.1) is 12.1 Å². The maximum atomic E-state index is 6.39. The second kappa shape index (κ2) is 4.20. The Balaban J connectivity index is 1.92. The summed E-state index contributed by atoms with van der Waals surface area (Å²) in [7, 11) is 0. The van der Waals surface area contributed by atoms with Gasteiger partial charge >= 0.3 is 0 Å². The van der Waals surface area contributed by atoms with Gasteiger partial charge in [-0.1, -0.05) is 6.07 Å². The van der Waals surface area contributed by atoms with Gasteiger partial charge in [-0.05, 0) is 30.5 Å². The van der Waals surface area contributed by atoms with E-state index in [2.05, 4.69) is 0 Å². The maximum absolute atomic E-state index is 6.39. The van der Waals surface area contributed by atoms with E-state index >= 15 is 0 Å². The number of nitrogens with two attached hydrogens (primary N) is 1. The fraction of sp³-hybridized carbons (Fsp3) is 0.538. The van der Waals surface area contributed by atoms with Crippen molar-refractivity contribution >= 4 is 0 Å². The molecule has 1 aromatic rings. The first-order valence-corrected chi connectivity index (χ1v) is 6.05. The molecule has 4 heteroatoms. The quantitative estimate of drug-likeness (QED) is 0.800. The Morgan fingerprint density at radius 2 is 1.88 bits per heavy atom. The number of hydrogen-bond donors (Lipinski definition) is 1. The SMILES string of the molecule is NC1(c2ccc3c(c2)OCCO3)CCCOC1. The molecule has 17 heavy (non-hydrogen) atoms. The van der Waals surface area contributed by atoms with E-state index in [4.69, 9.17) is 19.9 Å². The molecule has 92 valence electrons. The molecule has 0 bridgehead atoms. The third-order valence-electron chi connectivity index (χ3n) is 3.39. The summed E-state index contributed by atoms with van der Waals surface area (Å²) in [5, 5.41) is 0. The highest BCUT2D eigenvalue weighted by Gasteiger charge is 2.31. The molecule has 2 aliphatic heterocycles. The van der Waals surface area contributed by atoms with Crippen LogP contribution in [0.3, 0.4) is 0 Å². The minimum Gasteiger partial charge on any atom is -0.486 e. The highest BCUT2D eigenvalue weighted by Crippen LogP contribution is 2.36. The Morgan fingerprint density at radius 1 is 1.06 bits per heavy atom. The molecule has 1 atom stereocenters. The summed E-state index contributed by atoms with van der Waals surface area (Å²) in [5.74, 6) is 1.60. The number of rotatable bonds is 1. The molecule has 3 rings (SSSR count). The monoisotopic (exact) mass is 235 g/mol. The van der Waals surface area contributed by atoms with Gasteiger partial charge in [0.15, 0.2) is 11.5 Å².